The van der Waals surface area contributed by atoms with Crippen LogP contribution in [0.5, 0.6) is 0 Å². The number of anilines is 1. The third-order valence-electron chi connectivity index (χ3n) is 1.39. The highest BCUT2D eigenvalue weighted by Gasteiger charge is 2.04. The highest BCUT2D eigenvalue weighted by molar-refractivity contribution is 9.10. The molecule has 1 N–H and O–H groups in total. The van der Waals surface area contributed by atoms with Crippen LogP contribution in [0.25, 0.3) is 0 Å². The molecule has 0 saturated carbocycles. The van der Waals surface area contributed by atoms with Gasteiger partial charge in [-0.05, 0) is 22.0 Å². The molecule has 3 nitrogen and oxygen atoms in total. The lowest BCUT2D eigenvalue weighted by atomic mass is 10.4. The lowest BCUT2D eigenvalue weighted by Gasteiger charge is -2.04. The first kappa shape index (κ1) is 10.5. The molecule has 1 aromatic heterocycles. The first-order valence-corrected chi connectivity index (χ1v) is 4.91. The Bertz CT molecular complexity index is 330. The quantitative estimate of drug-likeness (QED) is 0.891. The molecule has 0 aromatic carbocycles. The Hall–Kier alpha value is -0.610. The molecular formula is C8H8BrClN2O. The van der Waals surface area contributed by atoms with Gasteiger partial charge < -0.3 is 5.32 Å². The number of halogens is 2. The van der Waals surface area contributed by atoms with Gasteiger partial charge in [-0.1, -0.05) is 18.5 Å². The van der Waals surface area contributed by atoms with Crippen molar-refractivity contribution in [3.8, 4) is 0 Å². The van der Waals surface area contributed by atoms with Crippen molar-refractivity contribution in [3.05, 3.63) is 21.8 Å². The Morgan fingerprint density at radius 3 is 3.00 bits per heavy atom. The Balaban J connectivity index is 2.83. The predicted octanol–water partition coefficient (Wildman–Crippen LogP) is 2.85. The summed E-state index contributed by atoms with van der Waals surface area (Å²) >= 11 is 8.93. The van der Waals surface area contributed by atoms with Crippen molar-refractivity contribution >= 4 is 39.3 Å². The number of nitrogens with one attached hydrogen (secondary N) is 1. The summed E-state index contributed by atoms with van der Waals surface area (Å²) in [5.41, 5.74) is 0. The van der Waals surface area contributed by atoms with Gasteiger partial charge in [0.2, 0.25) is 5.91 Å². The van der Waals surface area contributed by atoms with Crippen LogP contribution in [0.3, 0.4) is 0 Å². The highest BCUT2D eigenvalue weighted by atomic mass is 79.9. The summed E-state index contributed by atoms with van der Waals surface area (Å²) in [5, 5.41) is 3.16. The Morgan fingerprint density at radius 1 is 1.77 bits per heavy atom. The van der Waals surface area contributed by atoms with Gasteiger partial charge in [0.1, 0.15) is 5.82 Å². The number of hydrogen-bond donors (Lipinski definition) is 1. The van der Waals surface area contributed by atoms with Crippen LogP contribution in [0.2, 0.25) is 5.02 Å². The molecule has 0 aliphatic heterocycles. The first-order chi connectivity index (χ1) is 6.13. The number of hydrogen-bond acceptors (Lipinski definition) is 2. The van der Waals surface area contributed by atoms with Gasteiger partial charge in [0, 0.05) is 12.6 Å². The van der Waals surface area contributed by atoms with Gasteiger partial charge in [-0.3, -0.25) is 4.79 Å². The molecule has 0 unspecified atom stereocenters. The summed E-state index contributed by atoms with van der Waals surface area (Å²) in [6, 6.07) is 1.68. The summed E-state index contributed by atoms with van der Waals surface area (Å²) in [7, 11) is 0. The van der Waals surface area contributed by atoms with Gasteiger partial charge in [0.15, 0.2) is 0 Å². The fourth-order valence-electron chi connectivity index (χ4n) is 0.727. The first-order valence-electron chi connectivity index (χ1n) is 3.74. The van der Waals surface area contributed by atoms with Crippen molar-refractivity contribution in [1.82, 2.24) is 4.98 Å². The van der Waals surface area contributed by atoms with Crippen molar-refractivity contribution < 1.29 is 4.79 Å². The Morgan fingerprint density at radius 2 is 2.46 bits per heavy atom. The Kier molecular flexibility index (Phi) is 3.69. The smallest absolute Gasteiger partial charge is 0.225 e. The monoisotopic (exact) mass is 262 g/mol. The van der Waals surface area contributed by atoms with Crippen LogP contribution >= 0.6 is 27.5 Å². The lowest BCUT2D eigenvalue weighted by molar-refractivity contribution is -0.115. The molecule has 1 aromatic rings. The zero-order chi connectivity index (χ0) is 9.84. The van der Waals surface area contributed by atoms with Gasteiger partial charge in [0.05, 0.1) is 9.50 Å². The summed E-state index contributed by atoms with van der Waals surface area (Å²) in [5.74, 6) is 0.423. The lowest BCUT2D eigenvalue weighted by Crippen LogP contribution is -2.11. The van der Waals surface area contributed by atoms with Crippen molar-refractivity contribution in [2.75, 3.05) is 5.32 Å². The van der Waals surface area contributed by atoms with Crippen LogP contribution in [0.15, 0.2) is 16.7 Å². The van der Waals surface area contributed by atoms with E-state index in [0.29, 0.717) is 21.7 Å². The average Bonchev–Trinajstić information content (AvgIpc) is 2.09. The zero-order valence-electron chi connectivity index (χ0n) is 6.97. The van der Waals surface area contributed by atoms with Crippen molar-refractivity contribution in [2.45, 2.75) is 13.3 Å². The molecule has 0 fully saturated rings. The number of rotatable bonds is 2. The van der Waals surface area contributed by atoms with Gasteiger partial charge in [-0.15, -0.1) is 0 Å². The van der Waals surface area contributed by atoms with E-state index in [1.807, 2.05) is 0 Å². The maximum atomic E-state index is 11.0. The van der Waals surface area contributed by atoms with Crippen LogP contribution < -0.4 is 5.32 Å². The summed E-state index contributed by atoms with van der Waals surface area (Å²) in [4.78, 5) is 15.0. The minimum Gasteiger partial charge on any atom is -0.310 e. The number of pyridine rings is 1. The highest BCUT2D eigenvalue weighted by Crippen LogP contribution is 2.22. The third kappa shape index (κ3) is 2.97. The van der Waals surface area contributed by atoms with E-state index >= 15 is 0 Å². The largest absolute Gasteiger partial charge is 0.310 e. The number of carbonyl (C=O) groups excluding carboxylic acids is 1. The Labute approximate surface area is 89.6 Å². The van der Waals surface area contributed by atoms with E-state index in [9.17, 15) is 4.79 Å². The second kappa shape index (κ2) is 4.58. The second-order valence-corrected chi connectivity index (χ2v) is 3.68. The number of amides is 1. The molecule has 0 aliphatic carbocycles. The molecule has 13 heavy (non-hydrogen) atoms. The third-order valence-corrected chi connectivity index (χ3v) is 2.20. The number of aromatic nitrogens is 1. The van der Waals surface area contributed by atoms with Crippen LogP contribution in [-0.2, 0) is 4.79 Å². The molecule has 1 amide bonds. The van der Waals surface area contributed by atoms with Gasteiger partial charge in [0.25, 0.3) is 0 Å². The molecule has 70 valence electrons. The van der Waals surface area contributed by atoms with Crippen molar-refractivity contribution in [1.29, 1.82) is 0 Å². The molecule has 0 bridgehead atoms. The molecule has 0 atom stereocenters. The van der Waals surface area contributed by atoms with Crippen LogP contribution in [0.4, 0.5) is 5.82 Å². The van der Waals surface area contributed by atoms with Gasteiger partial charge in [-0.25, -0.2) is 4.98 Å². The molecular weight excluding hydrogens is 255 g/mol. The molecule has 0 radical (unpaired) electrons. The standard InChI is InChI=1S/C8H8BrClN2O/c1-2-7(13)12-8-6(9)3-5(10)4-11-8/h3-4H,2H2,1H3,(H,11,12,13). The minimum atomic E-state index is -0.0736. The van der Waals surface area contributed by atoms with Crippen LogP contribution in [0.1, 0.15) is 13.3 Å². The summed E-state index contributed by atoms with van der Waals surface area (Å²) in [6.07, 6.45) is 1.91. The van der Waals surface area contributed by atoms with Gasteiger partial charge >= 0.3 is 0 Å². The maximum absolute atomic E-state index is 11.0. The van der Waals surface area contributed by atoms with Crippen LogP contribution in [-0.4, -0.2) is 10.9 Å². The van der Waals surface area contributed by atoms with E-state index in [2.05, 4.69) is 26.2 Å². The van der Waals surface area contributed by atoms with Crippen molar-refractivity contribution in [3.63, 3.8) is 0 Å². The van der Waals surface area contributed by atoms with Gasteiger partial charge in [-0.2, -0.15) is 0 Å². The maximum Gasteiger partial charge on any atom is 0.225 e. The number of carbonyl (C=O) groups is 1. The van der Waals surface area contributed by atoms with E-state index in [1.54, 1.807) is 13.0 Å². The normalized spacial score (nSPS) is 9.77. The fourth-order valence-corrected chi connectivity index (χ4v) is 1.46. The molecule has 5 heteroatoms. The molecule has 0 spiro atoms. The molecule has 1 rings (SSSR count). The fraction of sp³-hybridized carbons (Fsp3) is 0.250. The van der Waals surface area contributed by atoms with E-state index in [0.717, 1.165) is 0 Å². The minimum absolute atomic E-state index is 0.0736. The van der Waals surface area contributed by atoms with E-state index in [-0.39, 0.29) is 5.91 Å². The predicted molar refractivity (Wildman–Crippen MR) is 55.9 cm³/mol. The van der Waals surface area contributed by atoms with Crippen LogP contribution in [0, 0.1) is 0 Å². The summed E-state index contributed by atoms with van der Waals surface area (Å²) in [6.45, 7) is 1.78. The van der Waals surface area contributed by atoms with E-state index in [4.69, 9.17) is 11.6 Å². The topological polar surface area (TPSA) is 42.0 Å². The van der Waals surface area contributed by atoms with E-state index < -0.39 is 0 Å². The number of nitrogens with zero attached hydrogens (tertiary/aromatic N) is 1. The zero-order valence-corrected chi connectivity index (χ0v) is 9.32. The SMILES string of the molecule is CCC(=O)Nc1ncc(Cl)cc1Br. The molecule has 0 aliphatic rings. The summed E-state index contributed by atoms with van der Waals surface area (Å²) < 4.78 is 0.682. The second-order valence-electron chi connectivity index (χ2n) is 2.39. The molecule has 1 heterocycles. The average molecular weight is 264 g/mol. The van der Waals surface area contributed by atoms with E-state index in [1.165, 1.54) is 6.20 Å². The van der Waals surface area contributed by atoms with Crippen molar-refractivity contribution in [2.24, 2.45) is 0 Å². The molecule has 0 saturated heterocycles.